The first-order valence-electron chi connectivity index (χ1n) is 9.32. The van der Waals surface area contributed by atoms with Crippen molar-refractivity contribution in [1.29, 1.82) is 0 Å². The fourth-order valence-corrected chi connectivity index (χ4v) is 4.70. The Hall–Kier alpha value is -2.22. The van der Waals surface area contributed by atoms with Gasteiger partial charge in [-0.3, -0.25) is 0 Å². The fraction of sp³-hybridized carbons (Fsp3) is 0.625. The molecule has 0 saturated carbocycles. The minimum atomic E-state index is -3.98. The molecule has 2 aliphatic heterocycles. The van der Waals surface area contributed by atoms with Gasteiger partial charge in [-0.15, -0.1) is 9.05 Å². The highest BCUT2D eigenvalue weighted by molar-refractivity contribution is 7.55. The SMILES string of the molecule is CC(C)OC(=O)OCO[P+]1(O)OCC2OC(c3cnc4c(N)ncnn34)C(C)(F)C2O1. The molecular weight excluding hydrogens is 440 g/mol. The molecule has 2 aliphatic rings. The number of anilines is 1. The van der Waals surface area contributed by atoms with Crippen LogP contribution in [0.15, 0.2) is 12.5 Å². The third-order valence-electron chi connectivity index (χ3n) is 4.72. The van der Waals surface area contributed by atoms with Gasteiger partial charge in [0.1, 0.15) is 25.1 Å². The van der Waals surface area contributed by atoms with Gasteiger partial charge in [0.25, 0.3) is 0 Å². The lowest BCUT2D eigenvalue weighted by Crippen LogP contribution is -2.45. The maximum Gasteiger partial charge on any atom is 0.576 e. The molecule has 4 rings (SSSR count). The van der Waals surface area contributed by atoms with Crippen LogP contribution in [0.3, 0.4) is 0 Å². The maximum absolute atomic E-state index is 15.9. The zero-order chi connectivity index (χ0) is 22.4. The van der Waals surface area contributed by atoms with E-state index >= 15 is 4.39 Å². The molecular formula is C16H22FN5O8P+. The summed E-state index contributed by atoms with van der Waals surface area (Å²) in [5.41, 5.74) is 4.19. The molecule has 2 fully saturated rings. The van der Waals surface area contributed by atoms with Crippen molar-refractivity contribution in [3.63, 3.8) is 0 Å². The van der Waals surface area contributed by atoms with Crippen molar-refractivity contribution in [2.24, 2.45) is 0 Å². The molecule has 31 heavy (non-hydrogen) atoms. The summed E-state index contributed by atoms with van der Waals surface area (Å²) in [6.45, 7) is 3.62. The number of nitrogens with two attached hydrogens (primary N) is 1. The van der Waals surface area contributed by atoms with Gasteiger partial charge in [-0.25, -0.2) is 23.7 Å². The number of hydrogen-bond acceptors (Lipinski definition) is 12. The lowest BCUT2D eigenvalue weighted by Gasteiger charge is -2.30. The number of ether oxygens (including phenoxy) is 3. The number of nitrogens with zero attached hydrogens (tertiary/aromatic N) is 4. The molecule has 2 aromatic rings. The second kappa shape index (κ2) is 8.04. The Morgan fingerprint density at radius 2 is 2.29 bits per heavy atom. The highest BCUT2D eigenvalue weighted by atomic mass is 31.2. The van der Waals surface area contributed by atoms with Gasteiger partial charge in [-0.1, -0.05) is 0 Å². The number of carbonyl (C=O) groups is 1. The first-order chi connectivity index (χ1) is 14.6. The molecule has 0 aliphatic carbocycles. The normalized spacial score (nSPS) is 32.9. The molecule has 3 N–H and O–H groups in total. The molecule has 15 heteroatoms. The van der Waals surface area contributed by atoms with E-state index in [0.29, 0.717) is 0 Å². The Balaban J connectivity index is 1.47. The van der Waals surface area contributed by atoms with Crippen molar-refractivity contribution >= 4 is 25.8 Å². The third-order valence-corrected chi connectivity index (χ3v) is 6.12. The minimum absolute atomic E-state index is 0.126. The fourth-order valence-electron chi connectivity index (χ4n) is 3.36. The van der Waals surface area contributed by atoms with E-state index in [1.54, 1.807) is 13.8 Å². The zero-order valence-electron chi connectivity index (χ0n) is 16.9. The van der Waals surface area contributed by atoms with E-state index in [1.807, 2.05) is 0 Å². The van der Waals surface area contributed by atoms with Crippen LogP contribution < -0.4 is 5.73 Å². The van der Waals surface area contributed by atoms with E-state index in [-0.39, 0.29) is 23.8 Å². The van der Waals surface area contributed by atoms with Gasteiger partial charge in [0.05, 0.1) is 18.0 Å². The topological polar surface area (TPSA) is 162 Å². The van der Waals surface area contributed by atoms with Gasteiger partial charge in [0.15, 0.2) is 23.2 Å². The molecule has 0 radical (unpaired) electrons. The Labute approximate surface area is 176 Å². The molecule has 0 aromatic carbocycles. The van der Waals surface area contributed by atoms with Crippen molar-refractivity contribution in [3.8, 4) is 0 Å². The molecule has 0 bridgehead atoms. The smallest absolute Gasteiger partial charge is 0.432 e. The predicted octanol–water partition coefficient (Wildman–Crippen LogP) is 1.50. The van der Waals surface area contributed by atoms with Crippen LogP contribution in [-0.4, -0.2) is 68.0 Å². The first kappa shape index (κ1) is 22.0. The number of carbonyl (C=O) groups excluding carboxylic acids is 1. The highest BCUT2D eigenvalue weighted by Crippen LogP contribution is 2.65. The molecule has 0 amide bonds. The summed E-state index contributed by atoms with van der Waals surface area (Å²) in [7, 11) is -3.98. The van der Waals surface area contributed by atoms with E-state index in [1.165, 1.54) is 24.0 Å². The van der Waals surface area contributed by atoms with Crippen molar-refractivity contribution in [3.05, 3.63) is 18.2 Å². The quantitative estimate of drug-likeness (QED) is 0.375. The van der Waals surface area contributed by atoms with Crippen LogP contribution in [0.4, 0.5) is 15.0 Å². The Morgan fingerprint density at radius 3 is 3.03 bits per heavy atom. The van der Waals surface area contributed by atoms with Gasteiger partial charge >= 0.3 is 14.3 Å². The van der Waals surface area contributed by atoms with Gasteiger partial charge < -0.3 is 19.9 Å². The summed E-state index contributed by atoms with van der Waals surface area (Å²) in [4.78, 5) is 29.9. The van der Waals surface area contributed by atoms with Crippen molar-refractivity contribution in [1.82, 2.24) is 19.6 Å². The van der Waals surface area contributed by atoms with E-state index in [9.17, 15) is 9.69 Å². The van der Waals surface area contributed by atoms with Gasteiger partial charge in [-0.05, 0) is 20.8 Å². The third kappa shape index (κ3) is 4.14. The van der Waals surface area contributed by atoms with E-state index in [2.05, 4.69) is 19.8 Å². The van der Waals surface area contributed by atoms with Crippen LogP contribution >= 0.6 is 8.17 Å². The van der Waals surface area contributed by atoms with Crippen molar-refractivity contribution in [2.45, 2.75) is 50.9 Å². The van der Waals surface area contributed by atoms with Crippen LogP contribution in [0.5, 0.6) is 0 Å². The van der Waals surface area contributed by atoms with Crippen LogP contribution in [0, 0.1) is 0 Å². The average Bonchev–Trinajstić information content (AvgIpc) is 3.21. The van der Waals surface area contributed by atoms with Gasteiger partial charge in [0.2, 0.25) is 6.79 Å². The van der Waals surface area contributed by atoms with Crippen LogP contribution in [-0.2, 0) is 27.8 Å². The van der Waals surface area contributed by atoms with Crippen LogP contribution in [0.25, 0.3) is 5.65 Å². The van der Waals surface area contributed by atoms with Gasteiger partial charge in [-0.2, -0.15) is 14.5 Å². The van der Waals surface area contributed by atoms with E-state index < -0.39 is 51.2 Å². The molecule has 170 valence electrons. The number of aromatic nitrogens is 4. The first-order valence-corrected chi connectivity index (χ1v) is 10.8. The van der Waals surface area contributed by atoms with Crippen LogP contribution in [0.1, 0.15) is 32.6 Å². The molecule has 13 nitrogen and oxygen atoms in total. The van der Waals surface area contributed by atoms with Crippen molar-refractivity contribution < 1.29 is 41.9 Å². The lowest BCUT2D eigenvalue weighted by molar-refractivity contribution is -0.0938. The number of alkyl halides is 1. The molecule has 5 unspecified atom stereocenters. The number of nitrogen functional groups attached to an aromatic ring is 1. The summed E-state index contributed by atoms with van der Waals surface area (Å²) < 4.78 is 48.2. The van der Waals surface area contributed by atoms with Gasteiger partial charge in [0, 0.05) is 0 Å². The lowest BCUT2D eigenvalue weighted by atomic mass is 9.93. The number of halogens is 1. The summed E-state index contributed by atoms with van der Waals surface area (Å²) >= 11 is 0. The molecule has 2 aromatic heterocycles. The standard InChI is InChI=1S/C16H22FN5O8P/c1-8(2)28-15(23)25-7-27-31(24)26-5-10-12(30-31)16(3,17)11(29-10)9-4-19-14-13(18)20-6-21-22(9)14/h4,6,8,10-12,24H,5,7H2,1-3H3,(H2,18,20,21)/q+1. The molecule has 0 spiro atoms. The summed E-state index contributed by atoms with van der Waals surface area (Å²) in [5, 5.41) is 4.05. The largest absolute Gasteiger partial charge is 0.576 e. The minimum Gasteiger partial charge on any atom is -0.432 e. The summed E-state index contributed by atoms with van der Waals surface area (Å²) in [5.74, 6) is 0.126. The van der Waals surface area contributed by atoms with E-state index in [4.69, 9.17) is 28.8 Å². The molecule has 4 heterocycles. The highest BCUT2D eigenvalue weighted by Gasteiger charge is 2.67. The second-order valence-electron chi connectivity index (χ2n) is 7.37. The Kier molecular flexibility index (Phi) is 5.70. The molecule has 5 atom stereocenters. The predicted molar refractivity (Wildman–Crippen MR) is 101 cm³/mol. The summed E-state index contributed by atoms with van der Waals surface area (Å²) in [6.07, 6.45) is -2.03. The number of rotatable bonds is 5. The maximum atomic E-state index is 15.9. The average molecular weight is 462 g/mol. The monoisotopic (exact) mass is 462 g/mol. The van der Waals surface area contributed by atoms with Crippen molar-refractivity contribution in [2.75, 3.05) is 19.1 Å². The van der Waals surface area contributed by atoms with E-state index in [0.717, 1.165) is 0 Å². The zero-order valence-corrected chi connectivity index (χ0v) is 17.8. The number of imidazole rings is 1. The Bertz CT molecular complexity index is 977. The summed E-state index contributed by atoms with van der Waals surface area (Å²) in [6, 6.07) is 0. The number of hydrogen-bond donors (Lipinski definition) is 2. The second-order valence-corrected chi connectivity index (χ2v) is 9.03. The molecule has 2 saturated heterocycles. The number of fused-ring (bicyclic) bond motifs is 2. The Morgan fingerprint density at radius 1 is 1.52 bits per heavy atom. The van der Waals surface area contributed by atoms with Crippen LogP contribution in [0.2, 0.25) is 0 Å².